The first kappa shape index (κ1) is 19.7. The molecule has 4 aromatic rings. The van der Waals surface area contributed by atoms with Crippen LogP contribution in [0.4, 0.5) is 5.69 Å². The molecule has 1 heterocycles. The summed E-state index contributed by atoms with van der Waals surface area (Å²) in [6, 6.07) is 20.1. The number of rotatable bonds is 5. The van der Waals surface area contributed by atoms with E-state index in [2.05, 4.69) is 10.3 Å². The number of nitrogens with zero attached hydrogens (tertiary/aromatic N) is 1. The second-order valence-electron chi connectivity index (χ2n) is 6.67. The second-order valence-corrected chi connectivity index (χ2v) is 7.08. The molecule has 0 saturated heterocycles. The van der Waals surface area contributed by atoms with Gasteiger partial charge in [-0.15, -0.1) is 0 Å². The molecule has 3 aromatic carbocycles. The maximum absolute atomic E-state index is 13.0. The fourth-order valence-electron chi connectivity index (χ4n) is 3.09. The van der Waals surface area contributed by atoms with Gasteiger partial charge in [-0.25, -0.2) is 4.98 Å². The molecule has 30 heavy (non-hydrogen) atoms. The Morgan fingerprint density at radius 2 is 1.80 bits per heavy atom. The minimum atomic E-state index is -0.264. The number of nitrogens with one attached hydrogen (secondary N) is 1. The number of methoxy groups -OCH3 is 1. The van der Waals surface area contributed by atoms with Crippen LogP contribution in [0.5, 0.6) is 5.75 Å². The molecule has 0 spiro atoms. The summed E-state index contributed by atoms with van der Waals surface area (Å²) >= 11 is 6.17. The number of hydrogen-bond acceptors (Lipinski definition) is 4. The maximum atomic E-state index is 13.0. The third kappa shape index (κ3) is 3.93. The lowest BCUT2D eigenvalue weighted by Crippen LogP contribution is -2.14. The van der Waals surface area contributed by atoms with E-state index in [0.717, 1.165) is 16.9 Å². The molecule has 0 aliphatic rings. The first-order chi connectivity index (χ1) is 14.6. The lowest BCUT2D eigenvalue weighted by atomic mass is 10.1. The average Bonchev–Trinajstić information content (AvgIpc) is 3.27. The van der Waals surface area contributed by atoms with E-state index in [-0.39, 0.29) is 5.91 Å². The number of oxazole rings is 1. The minimum Gasteiger partial charge on any atom is -0.497 e. The summed E-state index contributed by atoms with van der Waals surface area (Å²) in [5.74, 6) is 1.47. The SMILES string of the molecule is COc1ccc(-c2cnc(-c3ccccc3C(=O)Nc3cccc(Cl)c3C)o2)cc1. The largest absolute Gasteiger partial charge is 0.497 e. The topological polar surface area (TPSA) is 64.4 Å². The van der Waals surface area contributed by atoms with Crippen LogP contribution in [-0.4, -0.2) is 18.0 Å². The lowest BCUT2D eigenvalue weighted by Gasteiger charge is -2.11. The summed E-state index contributed by atoms with van der Waals surface area (Å²) in [5.41, 5.74) is 3.40. The molecule has 0 saturated carbocycles. The van der Waals surface area contributed by atoms with Gasteiger partial charge in [-0.3, -0.25) is 4.79 Å². The number of aromatic nitrogens is 1. The van der Waals surface area contributed by atoms with Gasteiger partial charge in [0.25, 0.3) is 5.91 Å². The number of hydrogen-bond donors (Lipinski definition) is 1. The van der Waals surface area contributed by atoms with E-state index in [1.165, 1.54) is 0 Å². The number of carbonyl (C=O) groups is 1. The van der Waals surface area contributed by atoms with E-state index < -0.39 is 0 Å². The van der Waals surface area contributed by atoms with E-state index in [4.69, 9.17) is 20.8 Å². The van der Waals surface area contributed by atoms with E-state index in [1.54, 1.807) is 37.6 Å². The molecular weight excluding hydrogens is 400 g/mol. The smallest absolute Gasteiger partial charge is 0.256 e. The molecular formula is C24H19ClN2O3. The Morgan fingerprint density at radius 1 is 1.03 bits per heavy atom. The molecule has 1 amide bonds. The number of amides is 1. The molecule has 4 rings (SSSR count). The normalized spacial score (nSPS) is 10.6. The molecule has 0 atom stereocenters. The van der Waals surface area contributed by atoms with Gasteiger partial charge >= 0.3 is 0 Å². The molecule has 0 aliphatic heterocycles. The van der Waals surface area contributed by atoms with Crippen LogP contribution in [0.1, 0.15) is 15.9 Å². The Labute approximate surface area is 179 Å². The predicted molar refractivity (Wildman–Crippen MR) is 118 cm³/mol. The summed E-state index contributed by atoms with van der Waals surface area (Å²) in [4.78, 5) is 17.4. The molecule has 0 radical (unpaired) electrons. The first-order valence-electron chi connectivity index (χ1n) is 9.33. The van der Waals surface area contributed by atoms with Crippen molar-refractivity contribution in [1.82, 2.24) is 4.98 Å². The highest BCUT2D eigenvalue weighted by Crippen LogP contribution is 2.30. The minimum absolute atomic E-state index is 0.264. The van der Waals surface area contributed by atoms with Crippen molar-refractivity contribution in [2.75, 3.05) is 12.4 Å². The molecule has 1 N–H and O–H groups in total. The van der Waals surface area contributed by atoms with Crippen molar-refractivity contribution in [2.45, 2.75) is 6.92 Å². The summed E-state index contributed by atoms with van der Waals surface area (Å²) < 4.78 is 11.1. The van der Waals surface area contributed by atoms with Gasteiger partial charge in [0.2, 0.25) is 5.89 Å². The van der Waals surface area contributed by atoms with Crippen molar-refractivity contribution in [1.29, 1.82) is 0 Å². The van der Waals surface area contributed by atoms with E-state index in [0.29, 0.717) is 33.5 Å². The van der Waals surface area contributed by atoms with E-state index in [1.807, 2.05) is 49.4 Å². The lowest BCUT2D eigenvalue weighted by molar-refractivity contribution is 0.102. The molecule has 6 heteroatoms. The van der Waals surface area contributed by atoms with Crippen molar-refractivity contribution in [2.24, 2.45) is 0 Å². The summed E-state index contributed by atoms with van der Waals surface area (Å²) in [6.07, 6.45) is 1.65. The summed E-state index contributed by atoms with van der Waals surface area (Å²) in [6.45, 7) is 1.86. The van der Waals surface area contributed by atoms with Crippen LogP contribution < -0.4 is 10.1 Å². The number of carbonyl (C=O) groups excluding carboxylic acids is 1. The number of ether oxygens (including phenoxy) is 1. The van der Waals surface area contributed by atoms with Gasteiger partial charge in [-0.05, 0) is 61.0 Å². The van der Waals surface area contributed by atoms with Crippen LogP contribution in [0.3, 0.4) is 0 Å². The van der Waals surface area contributed by atoms with Crippen molar-refractivity contribution in [3.05, 3.63) is 89.1 Å². The van der Waals surface area contributed by atoms with Crippen LogP contribution in [-0.2, 0) is 0 Å². The second kappa shape index (κ2) is 8.43. The third-order valence-electron chi connectivity index (χ3n) is 4.80. The Bertz CT molecular complexity index is 1200. The van der Waals surface area contributed by atoms with Gasteiger partial charge < -0.3 is 14.5 Å². The Balaban J connectivity index is 1.64. The monoisotopic (exact) mass is 418 g/mol. The molecule has 0 fully saturated rings. The van der Waals surface area contributed by atoms with Gasteiger partial charge in [0.05, 0.1) is 18.9 Å². The van der Waals surface area contributed by atoms with Crippen LogP contribution >= 0.6 is 11.6 Å². The van der Waals surface area contributed by atoms with Crippen molar-refractivity contribution in [3.63, 3.8) is 0 Å². The van der Waals surface area contributed by atoms with Crippen LogP contribution in [0, 0.1) is 6.92 Å². The number of anilines is 1. The zero-order valence-electron chi connectivity index (χ0n) is 16.5. The third-order valence-corrected chi connectivity index (χ3v) is 5.21. The Hall–Kier alpha value is -3.57. The van der Waals surface area contributed by atoms with Gasteiger partial charge in [-0.2, -0.15) is 0 Å². The van der Waals surface area contributed by atoms with E-state index >= 15 is 0 Å². The highest BCUT2D eigenvalue weighted by molar-refractivity contribution is 6.31. The van der Waals surface area contributed by atoms with Gasteiger partial charge in [0.1, 0.15) is 5.75 Å². The van der Waals surface area contributed by atoms with Crippen molar-refractivity contribution < 1.29 is 13.9 Å². The van der Waals surface area contributed by atoms with Crippen LogP contribution in [0.15, 0.2) is 77.3 Å². The van der Waals surface area contributed by atoms with Crippen molar-refractivity contribution >= 4 is 23.2 Å². The van der Waals surface area contributed by atoms with Gasteiger partial charge in [0, 0.05) is 21.8 Å². The van der Waals surface area contributed by atoms with Crippen LogP contribution in [0.25, 0.3) is 22.8 Å². The number of benzene rings is 3. The maximum Gasteiger partial charge on any atom is 0.256 e. The molecule has 0 bridgehead atoms. The standard InChI is InChI=1S/C24H19ClN2O3/c1-15-20(25)8-5-9-21(15)27-23(28)18-6-3-4-7-19(18)24-26-14-22(30-24)16-10-12-17(29-2)13-11-16/h3-14H,1-2H3,(H,27,28). The van der Waals surface area contributed by atoms with Gasteiger partial charge in [-0.1, -0.05) is 29.8 Å². The molecule has 5 nitrogen and oxygen atoms in total. The highest BCUT2D eigenvalue weighted by Gasteiger charge is 2.18. The molecule has 0 aliphatic carbocycles. The molecule has 150 valence electrons. The zero-order chi connectivity index (χ0) is 21.1. The van der Waals surface area contributed by atoms with Gasteiger partial charge in [0.15, 0.2) is 5.76 Å². The summed E-state index contributed by atoms with van der Waals surface area (Å²) in [7, 11) is 1.62. The zero-order valence-corrected chi connectivity index (χ0v) is 17.2. The predicted octanol–water partition coefficient (Wildman–Crippen LogP) is 6.23. The Morgan fingerprint density at radius 3 is 2.57 bits per heavy atom. The number of halogens is 1. The van der Waals surface area contributed by atoms with Crippen LogP contribution in [0.2, 0.25) is 5.02 Å². The fourth-order valence-corrected chi connectivity index (χ4v) is 3.26. The average molecular weight is 419 g/mol. The molecule has 0 unspecified atom stereocenters. The molecule has 1 aromatic heterocycles. The summed E-state index contributed by atoms with van der Waals surface area (Å²) in [5, 5.41) is 3.52. The van der Waals surface area contributed by atoms with E-state index in [9.17, 15) is 4.79 Å². The first-order valence-corrected chi connectivity index (χ1v) is 9.70. The van der Waals surface area contributed by atoms with Crippen molar-refractivity contribution in [3.8, 4) is 28.5 Å². The fraction of sp³-hybridized carbons (Fsp3) is 0.0833. The Kier molecular flexibility index (Phi) is 5.55. The quantitative estimate of drug-likeness (QED) is 0.417. The highest BCUT2D eigenvalue weighted by atomic mass is 35.5.